The Hall–Kier alpha value is -5.68. The summed E-state index contributed by atoms with van der Waals surface area (Å²) in [5.41, 5.74) is 1.98. The summed E-state index contributed by atoms with van der Waals surface area (Å²) in [6.45, 7) is 6.96. The second kappa shape index (κ2) is 13.8. The van der Waals surface area contributed by atoms with Crippen LogP contribution < -0.4 is 9.47 Å². The number of hydrogen-bond acceptors (Lipinski definition) is 8. The number of methoxy groups -OCH3 is 2. The van der Waals surface area contributed by atoms with E-state index in [1.54, 1.807) is 42.5 Å². The first kappa shape index (κ1) is 32.7. The number of benzene rings is 4. The lowest BCUT2D eigenvalue weighted by atomic mass is 9.64. The van der Waals surface area contributed by atoms with Crippen LogP contribution in [0.3, 0.4) is 0 Å². The van der Waals surface area contributed by atoms with Gasteiger partial charge in [-0.1, -0.05) is 78.9 Å². The number of ether oxygens (including phenoxy) is 4. The zero-order valence-electron chi connectivity index (χ0n) is 26.8. The summed E-state index contributed by atoms with van der Waals surface area (Å²) in [6, 6.07) is 32.8. The molecular formula is C39H36N2O6. The third-order valence-corrected chi connectivity index (χ3v) is 8.20. The van der Waals surface area contributed by atoms with Gasteiger partial charge in [0.2, 0.25) is 0 Å². The molecule has 0 aromatic heterocycles. The molecule has 0 radical (unpaired) electrons. The Kier molecular flexibility index (Phi) is 9.57. The predicted molar refractivity (Wildman–Crippen MR) is 178 cm³/mol. The smallest absolute Gasteiger partial charge is 0.327 e. The van der Waals surface area contributed by atoms with Crippen molar-refractivity contribution in [3.05, 3.63) is 144 Å². The molecular weight excluding hydrogens is 592 g/mol. The Balaban J connectivity index is 1.91. The first-order chi connectivity index (χ1) is 22.6. The van der Waals surface area contributed by atoms with Gasteiger partial charge >= 0.3 is 11.9 Å². The minimum atomic E-state index is -1.92. The minimum absolute atomic E-state index is 0.112. The van der Waals surface area contributed by atoms with Crippen LogP contribution >= 0.6 is 0 Å². The summed E-state index contributed by atoms with van der Waals surface area (Å²) in [4.78, 5) is 34.2. The Morgan fingerprint density at radius 1 is 0.830 bits per heavy atom. The fourth-order valence-corrected chi connectivity index (χ4v) is 6.00. The van der Waals surface area contributed by atoms with E-state index in [0.717, 1.165) is 11.1 Å². The van der Waals surface area contributed by atoms with E-state index in [1.807, 2.05) is 60.7 Å². The van der Waals surface area contributed by atoms with E-state index in [1.165, 1.54) is 34.1 Å². The first-order valence-corrected chi connectivity index (χ1v) is 15.1. The van der Waals surface area contributed by atoms with Crippen LogP contribution in [0.25, 0.3) is 0 Å². The highest BCUT2D eigenvalue weighted by Gasteiger charge is 2.62. The second-order valence-corrected chi connectivity index (χ2v) is 11.7. The van der Waals surface area contributed by atoms with Crippen molar-refractivity contribution in [1.82, 2.24) is 0 Å². The lowest BCUT2D eigenvalue weighted by Crippen LogP contribution is -2.57. The fraction of sp³-hybridized carbons (Fsp3) is 0.231. The number of cyclic esters (lactones) is 2. The average molecular weight is 629 g/mol. The molecule has 0 N–H and O–H groups in total. The largest absolute Gasteiger partial charge is 0.497 e. The van der Waals surface area contributed by atoms with Gasteiger partial charge in [0.05, 0.1) is 37.6 Å². The van der Waals surface area contributed by atoms with Gasteiger partial charge in [-0.15, -0.1) is 6.58 Å². The molecule has 1 aliphatic rings. The Labute approximate surface area is 274 Å². The Morgan fingerprint density at radius 2 is 1.34 bits per heavy atom. The molecule has 47 heavy (non-hydrogen) atoms. The topological polar surface area (TPSA) is 107 Å². The van der Waals surface area contributed by atoms with Crippen molar-refractivity contribution >= 4 is 17.7 Å². The van der Waals surface area contributed by atoms with E-state index in [-0.39, 0.29) is 6.42 Å². The number of allylic oxidation sites excluding steroid dienone is 1. The van der Waals surface area contributed by atoms with Crippen LogP contribution in [0.15, 0.2) is 121 Å². The number of nitrogens with zero attached hydrogens (tertiary/aromatic N) is 2. The number of esters is 2. The highest BCUT2D eigenvalue weighted by atomic mass is 16.7. The molecule has 1 aliphatic heterocycles. The third kappa shape index (κ3) is 6.66. The molecule has 0 bridgehead atoms. The molecule has 2 unspecified atom stereocenters. The van der Waals surface area contributed by atoms with E-state index in [9.17, 15) is 14.9 Å². The molecule has 238 valence electrons. The maximum atomic E-state index is 14.4. The van der Waals surface area contributed by atoms with Crippen molar-refractivity contribution in [1.29, 1.82) is 5.26 Å². The van der Waals surface area contributed by atoms with Crippen LogP contribution in [0.4, 0.5) is 0 Å². The van der Waals surface area contributed by atoms with Gasteiger partial charge < -0.3 is 18.9 Å². The first-order valence-electron chi connectivity index (χ1n) is 15.1. The molecule has 4 aromatic carbocycles. The lowest BCUT2D eigenvalue weighted by molar-refractivity contribution is -0.253. The monoisotopic (exact) mass is 628 g/mol. The molecule has 8 heteroatoms. The van der Waals surface area contributed by atoms with E-state index in [4.69, 9.17) is 23.9 Å². The van der Waals surface area contributed by atoms with Gasteiger partial charge in [0, 0.05) is 37.0 Å². The van der Waals surface area contributed by atoms with Crippen LogP contribution in [0.2, 0.25) is 0 Å². The molecule has 1 saturated heterocycles. The number of carbonyl (C=O) groups is 2. The van der Waals surface area contributed by atoms with Crippen LogP contribution in [0.5, 0.6) is 11.5 Å². The summed E-state index contributed by atoms with van der Waals surface area (Å²) in [7, 11) is 3.05. The minimum Gasteiger partial charge on any atom is -0.497 e. The van der Waals surface area contributed by atoms with Crippen LogP contribution in [-0.2, 0) is 19.1 Å². The van der Waals surface area contributed by atoms with E-state index >= 15 is 0 Å². The van der Waals surface area contributed by atoms with Gasteiger partial charge in [-0.25, -0.2) is 0 Å². The summed E-state index contributed by atoms with van der Waals surface area (Å²) < 4.78 is 23.0. The average Bonchev–Trinajstić information content (AvgIpc) is 3.08. The van der Waals surface area contributed by atoms with Crippen molar-refractivity contribution < 1.29 is 28.5 Å². The van der Waals surface area contributed by atoms with Gasteiger partial charge in [0.1, 0.15) is 11.5 Å². The molecule has 1 heterocycles. The number of nitriles is 1. The summed E-state index contributed by atoms with van der Waals surface area (Å²) in [6.07, 6.45) is 1.40. The molecule has 4 aromatic rings. The quantitative estimate of drug-likeness (QED) is 0.0740. The van der Waals surface area contributed by atoms with Gasteiger partial charge in [-0.3, -0.25) is 14.6 Å². The van der Waals surface area contributed by atoms with Crippen molar-refractivity contribution in [2.24, 2.45) is 10.4 Å². The van der Waals surface area contributed by atoms with Crippen molar-refractivity contribution in [3.63, 3.8) is 0 Å². The van der Waals surface area contributed by atoms with Crippen molar-refractivity contribution in [2.45, 2.75) is 38.0 Å². The maximum Gasteiger partial charge on any atom is 0.327 e. The second-order valence-electron chi connectivity index (χ2n) is 11.7. The SMILES string of the molecule is C=CCC1(C(c2cc(OC)cc(OC)c2)C(N=C(c2ccccc2)c2ccccc2)c2ccc(C#N)cc2)C(=O)OC(C)(C)OC1=O. The summed E-state index contributed by atoms with van der Waals surface area (Å²) in [5.74, 6) is -3.15. The molecule has 1 fully saturated rings. The molecule has 0 spiro atoms. The highest BCUT2D eigenvalue weighted by Crippen LogP contribution is 2.54. The normalized spacial score (nSPS) is 16.0. The Morgan fingerprint density at radius 3 is 1.79 bits per heavy atom. The van der Waals surface area contributed by atoms with E-state index in [0.29, 0.717) is 33.9 Å². The van der Waals surface area contributed by atoms with Crippen LogP contribution in [0.1, 0.15) is 60.0 Å². The highest BCUT2D eigenvalue weighted by molar-refractivity contribution is 6.13. The van der Waals surface area contributed by atoms with Crippen molar-refractivity contribution in [3.8, 4) is 17.6 Å². The molecule has 0 amide bonds. The van der Waals surface area contributed by atoms with Crippen LogP contribution in [0, 0.1) is 16.7 Å². The fourth-order valence-electron chi connectivity index (χ4n) is 6.00. The zero-order valence-corrected chi connectivity index (χ0v) is 26.8. The number of hydrogen-bond donors (Lipinski definition) is 0. The maximum absolute atomic E-state index is 14.4. The molecule has 8 nitrogen and oxygen atoms in total. The number of aliphatic imine (C=N–C) groups is 1. The number of rotatable bonds is 11. The van der Waals surface area contributed by atoms with Gasteiger partial charge in [0.25, 0.3) is 5.79 Å². The van der Waals surface area contributed by atoms with Crippen LogP contribution in [-0.4, -0.2) is 37.7 Å². The van der Waals surface area contributed by atoms with E-state index < -0.39 is 35.1 Å². The van der Waals surface area contributed by atoms with Gasteiger partial charge in [-0.05, 0) is 41.8 Å². The molecule has 0 saturated carbocycles. The molecule has 0 aliphatic carbocycles. The summed E-state index contributed by atoms with van der Waals surface area (Å²) in [5, 5.41) is 9.61. The van der Waals surface area contributed by atoms with Gasteiger partial charge in [-0.2, -0.15) is 5.26 Å². The zero-order chi connectivity index (χ0) is 33.6. The standard InChI is InChI=1S/C39H36N2O6/c1-6-21-39(36(42)46-38(2,3)47-37(39)43)33(30-22-31(44-4)24-32(23-30)45-5)35(29-19-17-26(25-40)18-20-29)41-34(27-13-9-7-10-14-27)28-15-11-8-12-16-28/h6-20,22-24,33,35H,1,21H2,2-5H3. The predicted octanol–water partition coefficient (Wildman–Crippen LogP) is 7.34. The summed E-state index contributed by atoms with van der Waals surface area (Å²) >= 11 is 0. The molecule has 5 rings (SSSR count). The lowest BCUT2D eigenvalue weighted by Gasteiger charge is -2.45. The molecule has 2 atom stereocenters. The van der Waals surface area contributed by atoms with Gasteiger partial charge in [0.15, 0.2) is 5.41 Å². The number of carbonyl (C=O) groups excluding carboxylic acids is 2. The Bertz CT molecular complexity index is 1740. The van der Waals surface area contributed by atoms with Crippen molar-refractivity contribution in [2.75, 3.05) is 14.2 Å². The van der Waals surface area contributed by atoms with E-state index in [2.05, 4.69) is 12.6 Å². The third-order valence-electron chi connectivity index (χ3n) is 8.20.